The smallest absolute Gasteiger partial charge is 0.338 e. The number of aromatic nitrogens is 2. The van der Waals surface area contributed by atoms with Gasteiger partial charge in [-0.25, -0.2) is 23.5 Å². The van der Waals surface area contributed by atoms with Crippen molar-refractivity contribution in [2.24, 2.45) is 10.9 Å². The SMILES string of the molecule is CCOC(=O)C1=C(C2CCC(c3nc(OC=O)cs3)CC2)NC(c2nccs2)=NC1c1ccc(F)c(F)c1Cl. The molecule has 2 aliphatic rings. The maximum absolute atomic E-state index is 14.6. The average molecular weight is 593 g/mol. The molecule has 5 rings (SSSR count). The van der Waals surface area contributed by atoms with Crippen molar-refractivity contribution in [3.8, 4) is 5.88 Å². The minimum Gasteiger partial charge on any atom is -0.463 e. The molecule has 204 valence electrons. The predicted octanol–water partition coefficient (Wildman–Crippen LogP) is 5.95. The normalized spacial score (nSPS) is 21.2. The van der Waals surface area contributed by atoms with Gasteiger partial charge in [-0.2, -0.15) is 0 Å². The highest BCUT2D eigenvalue weighted by Crippen LogP contribution is 2.44. The van der Waals surface area contributed by atoms with Crippen molar-refractivity contribution in [2.75, 3.05) is 6.61 Å². The second-order valence-corrected chi connectivity index (χ2v) is 11.1. The van der Waals surface area contributed by atoms with E-state index in [2.05, 4.69) is 15.3 Å². The third-order valence-electron chi connectivity index (χ3n) is 6.72. The second kappa shape index (κ2) is 11.9. The number of benzene rings is 1. The molecule has 1 N–H and O–H groups in total. The molecule has 13 heteroatoms. The van der Waals surface area contributed by atoms with E-state index in [9.17, 15) is 18.4 Å². The number of halogens is 3. The fourth-order valence-corrected chi connectivity index (χ4v) is 6.68. The van der Waals surface area contributed by atoms with Gasteiger partial charge in [0, 0.05) is 28.8 Å². The van der Waals surface area contributed by atoms with E-state index in [0.29, 0.717) is 35.9 Å². The summed E-state index contributed by atoms with van der Waals surface area (Å²) in [5.41, 5.74) is 0.984. The van der Waals surface area contributed by atoms with E-state index in [4.69, 9.17) is 26.1 Å². The number of nitrogens with one attached hydrogen (secondary N) is 1. The lowest BCUT2D eigenvalue weighted by Gasteiger charge is -2.34. The molecule has 0 radical (unpaired) electrons. The molecule has 1 aliphatic heterocycles. The first-order chi connectivity index (χ1) is 18.9. The van der Waals surface area contributed by atoms with Crippen LogP contribution in [0.5, 0.6) is 5.88 Å². The fourth-order valence-electron chi connectivity index (χ4n) is 4.94. The molecule has 39 heavy (non-hydrogen) atoms. The van der Waals surface area contributed by atoms with Gasteiger partial charge in [-0.1, -0.05) is 17.7 Å². The lowest BCUT2D eigenvalue weighted by atomic mass is 9.78. The standard InChI is InChI=1S/C26H23ClF2N4O4S2/c1-2-36-26(35)18-21(13-3-5-14(6-4-13)24-31-17(11-39-24)37-12-34)32-23(25-30-9-10-38-25)33-22(18)15-7-8-16(28)20(29)19(15)27/h7-14,22H,2-6H2,1H3,(H,32,33). The Morgan fingerprint density at radius 1 is 1.21 bits per heavy atom. The zero-order valence-corrected chi connectivity index (χ0v) is 23.0. The summed E-state index contributed by atoms with van der Waals surface area (Å²) in [5, 5.41) is 7.86. The van der Waals surface area contributed by atoms with E-state index in [1.165, 1.54) is 28.7 Å². The summed E-state index contributed by atoms with van der Waals surface area (Å²) in [6, 6.07) is 1.29. The van der Waals surface area contributed by atoms with Gasteiger partial charge in [0.15, 0.2) is 22.5 Å². The van der Waals surface area contributed by atoms with Crippen LogP contribution in [0.2, 0.25) is 5.02 Å². The molecule has 1 saturated carbocycles. The highest BCUT2D eigenvalue weighted by Gasteiger charge is 2.38. The highest BCUT2D eigenvalue weighted by atomic mass is 35.5. The first-order valence-electron chi connectivity index (χ1n) is 12.3. The van der Waals surface area contributed by atoms with Crippen LogP contribution in [0.25, 0.3) is 0 Å². The van der Waals surface area contributed by atoms with Crippen molar-refractivity contribution < 1.29 is 27.8 Å². The van der Waals surface area contributed by atoms with E-state index < -0.39 is 28.7 Å². The molecule has 3 heterocycles. The number of hydrogen-bond donors (Lipinski definition) is 1. The lowest BCUT2D eigenvalue weighted by molar-refractivity contribution is -0.139. The van der Waals surface area contributed by atoms with Gasteiger partial charge in [0.2, 0.25) is 5.88 Å². The van der Waals surface area contributed by atoms with Crippen molar-refractivity contribution in [3.05, 3.63) is 72.6 Å². The molecule has 3 aromatic rings. The van der Waals surface area contributed by atoms with E-state index in [0.717, 1.165) is 23.9 Å². The largest absolute Gasteiger partial charge is 0.463 e. The Balaban J connectivity index is 1.53. The van der Waals surface area contributed by atoms with Crippen LogP contribution in [0.15, 0.2) is 45.4 Å². The molecule has 8 nitrogen and oxygen atoms in total. The average Bonchev–Trinajstić information content (AvgIpc) is 3.65. The minimum atomic E-state index is -1.20. The first kappa shape index (κ1) is 27.4. The minimum absolute atomic E-state index is 0.0802. The zero-order chi connectivity index (χ0) is 27.5. The van der Waals surface area contributed by atoms with Crippen molar-refractivity contribution in [3.63, 3.8) is 0 Å². The van der Waals surface area contributed by atoms with Crippen LogP contribution in [-0.4, -0.2) is 34.9 Å². The number of aliphatic imine (C=N–C) groups is 1. The number of rotatable bonds is 8. The van der Waals surface area contributed by atoms with E-state index >= 15 is 0 Å². The Morgan fingerprint density at radius 2 is 1.97 bits per heavy atom. The number of amidine groups is 1. The molecule has 1 unspecified atom stereocenters. The van der Waals surface area contributed by atoms with Crippen LogP contribution in [0.3, 0.4) is 0 Å². The van der Waals surface area contributed by atoms with Gasteiger partial charge in [0.25, 0.3) is 6.47 Å². The molecule has 0 saturated heterocycles. The monoisotopic (exact) mass is 592 g/mol. The number of allylic oxidation sites excluding steroid dienone is 1. The quantitative estimate of drug-likeness (QED) is 0.196. The van der Waals surface area contributed by atoms with Crippen molar-refractivity contribution in [1.29, 1.82) is 0 Å². The summed E-state index contributed by atoms with van der Waals surface area (Å²) in [7, 11) is 0. The molecule has 2 aromatic heterocycles. The number of thiazole rings is 2. The van der Waals surface area contributed by atoms with Gasteiger partial charge >= 0.3 is 5.97 Å². The molecule has 0 bridgehead atoms. The molecule has 1 fully saturated rings. The van der Waals surface area contributed by atoms with Gasteiger partial charge in [-0.05, 0) is 44.6 Å². The van der Waals surface area contributed by atoms with Crippen LogP contribution in [0.4, 0.5) is 8.78 Å². The van der Waals surface area contributed by atoms with Crippen molar-refractivity contribution in [2.45, 2.75) is 44.6 Å². The number of nitrogens with zero attached hydrogens (tertiary/aromatic N) is 3. The Hall–Kier alpha value is -3.22. The molecular weight excluding hydrogens is 570 g/mol. The van der Waals surface area contributed by atoms with Gasteiger partial charge in [0.1, 0.15) is 6.04 Å². The summed E-state index contributed by atoms with van der Waals surface area (Å²) < 4.78 is 38.8. The number of carbonyl (C=O) groups is 2. The van der Waals surface area contributed by atoms with Gasteiger partial charge in [0.05, 0.1) is 27.6 Å². The predicted molar refractivity (Wildman–Crippen MR) is 143 cm³/mol. The maximum atomic E-state index is 14.6. The molecule has 0 spiro atoms. The highest BCUT2D eigenvalue weighted by molar-refractivity contribution is 7.11. The van der Waals surface area contributed by atoms with Crippen LogP contribution < -0.4 is 10.1 Å². The molecular formula is C26H23ClF2N4O4S2. The van der Waals surface area contributed by atoms with Crippen molar-refractivity contribution in [1.82, 2.24) is 15.3 Å². The summed E-state index contributed by atoms with van der Waals surface area (Å²) in [4.78, 5) is 37.5. The number of esters is 1. The van der Waals surface area contributed by atoms with Gasteiger partial charge in [-0.15, -0.1) is 22.7 Å². The Morgan fingerprint density at radius 3 is 2.67 bits per heavy atom. The topological polar surface area (TPSA) is 103 Å². The van der Waals surface area contributed by atoms with Crippen LogP contribution in [0, 0.1) is 17.6 Å². The van der Waals surface area contributed by atoms with E-state index in [-0.39, 0.29) is 35.5 Å². The van der Waals surface area contributed by atoms with Crippen LogP contribution in [-0.2, 0) is 14.3 Å². The Bertz CT molecular complexity index is 1440. The second-order valence-electron chi connectivity index (χ2n) is 8.94. The molecule has 1 aliphatic carbocycles. The summed E-state index contributed by atoms with van der Waals surface area (Å²) in [5.74, 6) is -2.11. The molecule has 1 aromatic carbocycles. The van der Waals surface area contributed by atoms with E-state index in [1.807, 2.05) is 0 Å². The van der Waals surface area contributed by atoms with Gasteiger partial charge < -0.3 is 14.8 Å². The number of ether oxygens (including phenoxy) is 2. The maximum Gasteiger partial charge on any atom is 0.338 e. The summed E-state index contributed by atoms with van der Waals surface area (Å²) >= 11 is 9.06. The van der Waals surface area contributed by atoms with Gasteiger partial charge in [-0.3, -0.25) is 9.79 Å². The number of carbonyl (C=O) groups excluding carboxylic acids is 2. The first-order valence-corrected chi connectivity index (χ1v) is 14.4. The van der Waals surface area contributed by atoms with Crippen molar-refractivity contribution >= 4 is 52.6 Å². The number of hydrogen-bond acceptors (Lipinski definition) is 10. The fraction of sp³-hybridized carbons (Fsp3) is 0.346. The Labute approximate surface area is 235 Å². The lowest BCUT2D eigenvalue weighted by Crippen LogP contribution is -2.38. The van der Waals surface area contributed by atoms with E-state index in [1.54, 1.807) is 23.9 Å². The Kier molecular flexibility index (Phi) is 8.34. The summed E-state index contributed by atoms with van der Waals surface area (Å²) in [6.07, 6.45) is 4.61. The third kappa shape index (κ3) is 5.59. The third-order valence-corrected chi connectivity index (χ3v) is 8.87. The molecule has 1 atom stereocenters. The van der Waals surface area contributed by atoms with Crippen LogP contribution in [0.1, 0.15) is 60.1 Å². The summed E-state index contributed by atoms with van der Waals surface area (Å²) in [6.45, 7) is 2.17. The van der Waals surface area contributed by atoms with Crippen LogP contribution >= 0.6 is 34.3 Å². The molecule has 0 amide bonds. The zero-order valence-electron chi connectivity index (χ0n) is 20.7.